The average molecular weight is 361 g/mol. The Balaban J connectivity index is 2.03. The molecule has 0 radical (unpaired) electrons. The summed E-state index contributed by atoms with van der Waals surface area (Å²) in [5.41, 5.74) is 0.456. The molecule has 0 aliphatic heterocycles. The highest BCUT2D eigenvalue weighted by atomic mass is 79.9. The molecule has 0 amide bonds. The lowest BCUT2D eigenvalue weighted by Gasteiger charge is -2.06. The van der Waals surface area contributed by atoms with Crippen molar-refractivity contribution in [2.45, 2.75) is 0 Å². The second kappa shape index (κ2) is 6.37. The number of ether oxygens (including phenoxy) is 1. The third-order valence-electron chi connectivity index (χ3n) is 2.29. The molecule has 2 aromatic rings. The van der Waals surface area contributed by atoms with Gasteiger partial charge in [-0.1, -0.05) is 23.2 Å². The molecule has 0 aliphatic carbocycles. The molecule has 19 heavy (non-hydrogen) atoms. The van der Waals surface area contributed by atoms with Crippen molar-refractivity contribution in [3.05, 3.63) is 56.7 Å². The Morgan fingerprint density at radius 2 is 2.00 bits per heavy atom. The van der Waals surface area contributed by atoms with Crippen LogP contribution in [0.25, 0.3) is 0 Å². The van der Waals surface area contributed by atoms with Crippen molar-refractivity contribution in [1.29, 1.82) is 0 Å². The number of carbonyl (C=O) groups is 1. The van der Waals surface area contributed by atoms with Gasteiger partial charge < -0.3 is 4.74 Å². The largest absolute Gasteiger partial charge is 0.484 e. The van der Waals surface area contributed by atoms with Crippen LogP contribution < -0.4 is 4.74 Å². The second-order valence-corrected chi connectivity index (χ2v) is 5.41. The van der Waals surface area contributed by atoms with Crippen molar-refractivity contribution in [2.24, 2.45) is 0 Å². The molecule has 1 heterocycles. The standard InChI is InChI=1S/C13H8BrCl2NO2/c14-9-4-10(6-17-5-9)19-7-13(18)8-1-2-11(15)12(16)3-8/h1-6H,7H2. The van der Waals surface area contributed by atoms with Gasteiger partial charge in [-0.15, -0.1) is 0 Å². The number of aromatic nitrogens is 1. The topological polar surface area (TPSA) is 39.2 Å². The molecular formula is C13H8BrCl2NO2. The minimum absolute atomic E-state index is 0.0872. The van der Waals surface area contributed by atoms with E-state index in [0.29, 0.717) is 21.4 Å². The number of pyridine rings is 1. The van der Waals surface area contributed by atoms with Crippen LogP contribution in [-0.2, 0) is 0 Å². The summed E-state index contributed by atoms with van der Waals surface area (Å²) in [6.45, 7) is -0.0872. The maximum absolute atomic E-state index is 11.9. The maximum atomic E-state index is 11.9. The normalized spacial score (nSPS) is 10.3. The number of carbonyl (C=O) groups excluding carboxylic acids is 1. The van der Waals surface area contributed by atoms with Gasteiger partial charge in [0, 0.05) is 16.2 Å². The number of hydrogen-bond donors (Lipinski definition) is 0. The van der Waals surface area contributed by atoms with E-state index in [0.717, 1.165) is 4.47 Å². The fraction of sp³-hybridized carbons (Fsp3) is 0.0769. The van der Waals surface area contributed by atoms with E-state index in [9.17, 15) is 4.79 Å². The van der Waals surface area contributed by atoms with Crippen molar-refractivity contribution >= 4 is 44.9 Å². The average Bonchev–Trinajstić information content (AvgIpc) is 2.39. The minimum atomic E-state index is -0.182. The molecule has 0 saturated heterocycles. The molecule has 2 rings (SSSR count). The van der Waals surface area contributed by atoms with E-state index >= 15 is 0 Å². The summed E-state index contributed by atoms with van der Waals surface area (Å²) in [7, 11) is 0. The van der Waals surface area contributed by atoms with Gasteiger partial charge in [0.1, 0.15) is 5.75 Å². The molecule has 3 nitrogen and oxygen atoms in total. The third kappa shape index (κ3) is 3.93. The SMILES string of the molecule is O=C(COc1cncc(Br)c1)c1ccc(Cl)c(Cl)c1. The third-order valence-corrected chi connectivity index (χ3v) is 3.46. The van der Waals surface area contributed by atoms with E-state index in [2.05, 4.69) is 20.9 Å². The van der Waals surface area contributed by atoms with Gasteiger partial charge in [-0.3, -0.25) is 9.78 Å². The number of benzene rings is 1. The Morgan fingerprint density at radius 3 is 2.68 bits per heavy atom. The Kier molecular flexibility index (Phi) is 4.80. The summed E-state index contributed by atoms with van der Waals surface area (Å²) >= 11 is 14.9. The summed E-state index contributed by atoms with van der Waals surface area (Å²) in [5, 5.41) is 0.756. The van der Waals surface area contributed by atoms with Gasteiger partial charge in [0.05, 0.1) is 16.2 Å². The summed E-state index contributed by atoms with van der Waals surface area (Å²) in [6, 6.07) is 6.45. The Morgan fingerprint density at radius 1 is 1.21 bits per heavy atom. The number of rotatable bonds is 4. The molecule has 1 aromatic carbocycles. The van der Waals surface area contributed by atoms with Gasteiger partial charge in [-0.05, 0) is 40.2 Å². The van der Waals surface area contributed by atoms with Gasteiger partial charge in [-0.2, -0.15) is 0 Å². The van der Waals surface area contributed by atoms with Crippen LogP contribution in [0.5, 0.6) is 5.75 Å². The van der Waals surface area contributed by atoms with E-state index < -0.39 is 0 Å². The van der Waals surface area contributed by atoms with Crippen LogP contribution in [0.15, 0.2) is 41.1 Å². The predicted molar refractivity (Wildman–Crippen MR) is 78.2 cm³/mol. The molecule has 6 heteroatoms. The molecule has 0 bridgehead atoms. The molecule has 0 spiro atoms. The lowest BCUT2D eigenvalue weighted by atomic mass is 10.1. The summed E-state index contributed by atoms with van der Waals surface area (Å²) < 4.78 is 6.14. The van der Waals surface area contributed by atoms with E-state index in [4.69, 9.17) is 27.9 Å². The fourth-order valence-electron chi connectivity index (χ4n) is 1.37. The molecule has 0 N–H and O–H groups in total. The molecule has 0 unspecified atom stereocenters. The van der Waals surface area contributed by atoms with Crippen LogP contribution in [0.3, 0.4) is 0 Å². The summed E-state index contributed by atoms with van der Waals surface area (Å²) in [6.07, 6.45) is 3.17. The summed E-state index contributed by atoms with van der Waals surface area (Å²) in [4.78, 5) is 15.8. The summed E-state index contributed by atoms with van der Waals surface area (Å²) in [5.74, 6) is 0.335. The van der Waals surface area contributed by atoms with Crippen LogP contribution in [0, 0.1) is 0 Å². The fourth-order valence-corrected chi connectivity index (χ4v) is 2.02. The first kappa shape index (κ1) is 14.3. The number of hydrogen-bond acceptors (Lipinski definition) is 3. The van der Waals surface area contributed by atoms with E-state index in [-0.39, 0.29) is 12.4 Å². The first-order valence-corrected chi connectivity index (χ1v) is 6.83. The molecule has 0 atom stereocenters. The number of nitrogens with zero attached hydrogens (tertiary/aromatic N) is 1. The van der Waals surface area contributed by atoms with E-state index in [1.807, 2.05) is 0 Å². The smallest absolute Gasteiger partial charge is 0.200 e. The van der Waals surface area contributed by atoms with Crippen molar-refractivity contribution in [3.63, 3.8) is 0 Å². The quantitative estimate of drug-likeness (QED) is 0.758. The lowest BCUT2D eigenvalue weighted by Crippen LogP contribution is -2.11. The minimum Gasteiger partial charge on any atom is -0.484 e. The first-order chi connectivity index (χ1) is 9.06. The van der Waals surface area contributed by atoms with Crippen molar-refractivity contribution in [1.82, 2.24) is 4.98 Å². The van der Waals surface area contributed by atoms with Gasteiger partial charge in [0.2, 0.25) is 0 Å². The van der Waals surface area contributed by atoms with Crippen LogP contribution >= 0.6 is 39.1 Å². The highest BCUT2D eigenvalue weighted by molar-refractivity contribution is 9.10. The predicted octanol–water partition coefficient (Wildman–Crippen LogP) is 4.41. The molecule has 0 saturated carbocycles. The number of Topliss-reactive ketones (excluding diaryl/α,β-unsaturated/α-hetero) is 1. The molecule has 1 aromatic heterocycles. The van der Waals surface area contributed by atoms with Crippen molar-refractivity contribution < 1.29 is 9.53 Å². The van der Waals surface area contributed by atoms with Crippen LogP contribution in [0.4, 0.5) is 0 Å². The van der Waals surface area contributed by atoms with Crippen LogP contribution in [0.2, 0.25) is 10.0 Å². The maximum Gasteiger partial charge on any atom is 0.200 e. The molecular weight excluding hydrogens is 353 g/mol. The Hall–Kier alpha value is -1.10. The zero-order valence-electron chi connectivity index (χ0n) is 9.57. The van der Waals surface area contributed by atoms with Gasteiger partial charge >= 0.3 is 0 Å². The highest BCUT2D eigenvalue weighted by Crippen LogP contribution is 2.23. The number of halogens is 3. The molecule has 0 fully saturated rings. The van der Waals surface area contributed by atoms with Gasteiger partial charge in [-0.25, -0.2) is 0 Å². The van der Waals surface area contributed by atoms with Gasteiger partial charge in [0.25, 0.3) is 0 Å². The van der Waals surface area contributed by atoms with E-state index in [1.165, 1.54) is 12.3 Å². The van der Waals surface area contributed by atoms with Crippen LogP contribution in [-0.4, -0.2) is 17.4 Å². The van der Waals surface area contributed by atoms with Crippen molar-refractivity contribution in [3.8, 4) is 5.75 Å². The first-order valence-electron chi connectivity index (χ1n) is 5.28. The molecule has 0 aliphatic rings. The lowest BCUT2D eigenvalue weighted by molar-refractivity contribution is 0.0921. The van der Waals surface area contributed by atoms with Gasteiger partial charge in [0.15, 0.2) is 12.4 Å². The van der Waals surface area contributed by atoms with Crippen molar-refractivity contribution in [2.75, 3.05) is 6.61 Å². The Labute approximate surface area is 128 Å². The second-order valence-electron chi connectivity index (χ2n) is 3.68. The number of ketones is 1. The molecule has 98 valence electrons. The Bertz CT molecular complexity index is 619. The zero-order chi connectivity index (χ0) is 13.8. The van der Waals surface area contributed by atoms with E-state index in [1.54, 1.807) is 24.4 Å². The monoisotopic (exact) mass is 359 g/mol. The zero-order valence-corrected chi connectivity index (χ0v) is 12.7. The highest BCUT2D eigenvalue weighted by Gasteiger charge is 2.09. The van der Waals surface area contributed by atoms with Crippen LogP contribution in [0.1, 0.15) is 10.4 Å².